The van der Waals surface area contributed by atoms with Crippen LogP contribution in [0.3, 0.4) is 0 Å². The number of halogens is 1. The Morgan fingerprint density at radius 3 is 2.94 bits per heavy atom. The average molecular weight is 323 g/mol. The van der Waals surface area contributed by atoms with E-state index in [-0.39, 0.29) is 0 Å². The Morgan fingerprint density at radius 2 is 2.28 bits per heavy atom. The van der Waals surface area contributed by atoms with E-state index in [9.17, 15) is 5.11 Å². The van der Waals surface area contributed by atoms with Gasteiger partial charge in [0.15, 0.2) is 0 Å². The molecule has 1 aromatic carbocycles. The summed E-state index contributed by atoms with van der Waals surface area (Å²) in [6.07, 6.45) is -0.555. The third-order valence-electron chi connectivity index (χ3n) is 2.46. The highest BCUT2D eigenvalue weighted by molar-refractivity contribution is 9.10. The molecular formula is C13H11BrN2OS. The van der Waals surface area contributed by atoms with Crippen LogP contribution >= 0.6 is 27.3 Å². The predicted molar refractivity (Wildman–Crippen MR) is 76.6 cm³/mol. The number of nitrogens with zero attached hydrogens (tertiary/aromatic N) is 1. The summed E-state index contributed by atoms with van der Waals surface area (Å²) in [5.74, 6) is 0. The lowest BCUT2D eigenvalue weighted by atomic mass is 10.2. The Hall–Kier alpha value is -1.35. The van der Waals surface area contributed by atoms with Crippen molar-refractivity contribution in [2.45, 2.75) is 6.10 Å². The number of hydrogen-bond donors (Lipinski definition) is 2. The van der Waals surface area contributed by atoms with E-state index in [1.54, 1.807) is 6.07 Å². The first kappa shape index (κ1) is 13.1. The number of anilines is 1. The molecule has 0 aliphatic rings. The van der Waals surface area contributed by atoms with Gasteiger partial charge in [-0.3, -0.25) is 0 Å². The molecule has 0 saturated heterocycles. The molecule has 2 N–H and O–H groups in total. The molecule has 1 aromatic heterocycles. The van der Waals surface area contributed by atoms with Crippen LogP contribution in [0.4, 0.5) is 5.69 Å². The minimum Gasteiger partial charge on any atom is -0.386 e. The van der Waals surface area contributed by atoms with Gasteiger partial charge < -0.3 is 10.4 Å². The van der Waals surface area contributed by atoms with Crippen LogP contribution in [0.5, 0.6) is 0 Å². The van der Waals surface area contributed by atoms with E-state index in [2.05, 4.69) is 27.3 Å². The molecule has 1 atom stereocenters. The zero-order valence-electron chi connectivity index (χ0n) is 9.43. The van der Waals surface area contributed by atoms with Crippen molar-refractivity contribution in [1.82, 2.24) is 0 Å². The number of benzene rings is 1. The summed E-state index contributed by atoms with van der Waals surface area (Å²) in [4.78, 5) is 0.915. The van der Waals surface area contributed by atoms with Crippen LogP contribution in [-0.4, -0.2) is 11.7 Å². The fourth-order valence-electron chi connectivity index (χ4n) is 1.55. The number of thiophene rings is 1. The molecule has 92 valence electrons. The lowest BCUT2D eigenvalue weighted by molar-refractivity contribution is 0.195. The Bertz CT molecular complexity index is 563. The standard InChI is InChI=1S/C13H11BrN2OS/c14-10-3-4-11(9(6-10)7-15)16-8-12(17)13-2-1-5-18-13/h1-6,12,16-17H,8H2. The van der Waals surface area contributed by atoms with Crippen LogP contribution in [0.2, 0.25) is 0 Å². The normalized spacial score (nSPS) is 11.8. The van der Waals surface area contributed by atoms with E-state index in [0.717, 1.165) is 15.0 Å². The smallest absolute Gasteiger partial charge is 0.105 e. The SMILES string of the molecule is N#Cc1cc(Br)ccc1NCC(O)c1cccs1. The maximum Gasteiger partial charge on any atom is 0.105 e. The molecule has 0 aliphatic carbocycles. The second-order valence-electron chi connectivity index (χ2n) is 3.71. The van der Waals surface area contributed by atoms with Crippen molar-refractivity contribution in [2.24, 2.45) is 0 Å². The van der Waals surface area contributed by atoms with Crippen molar-refractivity contribution in [1.29, 1.82) is 5.26 Å². The third-order valence-corrected chi connectivity index (χ3v) is 3.93. The number of nitrogens with one attached hydrogen (secondary N) is 1. The highest BCUT2D eigenvalue weighted by Crippen LogP contribution is 2.23. The summed E-state index contributed by atoms with van der Waals surface area (Å²) in [5.41, 5.74) is 1.29. The summed E-state index contributed by atoms with van der Waals surface area (Å²) < 4.78 is 0.864. The fourth-order valence-corrected chi connectivity index (χ4v) is 2.62. The number of aliphatic hydroxyl groups is 1. The van der Waals surface area contributed by atoms with Gasteiger partial charge in [0.25, 0.3) is 0 Å². The van der Waals surface area contributed by atoms with Gasteiger partial charge in [0, 0.05) is 15.9 Å². The highest BCUT2D eigenvalue weighted by atomic mass is 79.9. The molecule has 0 aliphatic heterocycles. The summed E-state index contributed by atoms with van der Waals surface area (Å²) >= 11 is 4.84. The topological polar surface area (TPSA) is 56.0 Å². The summed E-state index contributed by atoms with van der Waals surface area (Å²) in [5, 5.41) is 24.0. The van der Waals surface area contributed by atoms with E-state index in [4.69, 9.17) is 5.26 Å². The first-order chi connectivity index (χ1) is 8.70. The average Bonchev–Trinajstić information content (AvgIpc) is 2.90. The molecule has 3 nitrogen and oxygen atoms in total. The molecule has 0 amide bonds. The summed E-state index contributed by atoms with van der Waals surface area (Å²) in [6, 6.07) is 11.4. The molecule has 1 heterocycles. The molecule has 0 radical (unpaired) electrons. The lowest BCUT2D eigenvalue weighted by Crippen LogP contribution is -2.11. The molecule has 0 saturated carbocycles. The van der Waals surface area contributed by atoms with Crippen LogP contribution in [0.1, 0.15) is 16.5 Å². The van der Waals surface area contributed by atoms with Crippen LogP contribution in [-0.2, 0) is 0 Å². The van der Waals surface area contributed by atoms with Crippen LogP contribution in [0.25, 0.3) is 0 Å². The van der Waals surface area contributed by atoms with Crippen LogP contribution in [0.15, 0.2) is 40.2 Å². The van der Waals surface area contributed by atoms with E-state index >= 15 is 0 Å². The zero-order valence-corrected chi connectivity index (χ0v) is 11.8. The van der Waals surface area contributed by atoms with Crippen molar-refractivity contribution in [3.8, 4) is 6.07 Å². The van der Waals surface area contributed by atoms with Gasteiger partial charge in [-0.2, -0.15) is 5.26 Å². The largest absolute Gasteiger partial charge is 0.386 e. The number of aliphatic hydroxyl groups excluding tert-OH is 1. The van der Waals surface area contributed by atoms with Gasteiger partial charge in [0.2, 0.25) is 0 Å². The maximum absolute atomic E-state index is 9.94. The molecular weight excluding hydrogens is 312 g/mol. The minimum atomic E-state index is -0.555. The summed E-state index contributed by atoms with van der Waals surface area (Å²) in [6.45, 7) is 0.386. The van der Waals surface area contributed by atoms with Crippen molar-refractivity contribution < 1.29 is 5.11 Å². The Balaban J connectivity index is 2.05. The molecule has 2 rings (SSSR count). The van der Waals surface area contributed by atoms with Crippen LogP contribution < -0.4 is 5.32 Å². The lowest BCUT2D eigenvalue weighted by Gasteiger charge is -2.12. The Morgan fingerprint density at radius 1 is 1.44 bits per heavy atom. The van der Waals surface area contributed by atoms with Crippen molar-refractivity contribution in [3.05, 3.63) is 50.6 Å². The highest BCUT2D eigenvalue weighted by Gasteiger charge is 2.09. The molecule has 2 aromatic rings. The fraction of sp³-hybridized carbons (Fsp3) is 0.154. The van der Waals surface area contributed by atoms with Gasteiger partial charge in [-0.1, -0.05) is 22.0 Å². The van der Waals surface area contributed by atoms with Crippen molar-refractivity contribution in [3.63, 3.8) is 0 Å². The molecule has 5 heteroatoms. The Labute approximate surface area is 118 Å². The zero-order chi connectivity index (χ0) is 13.0. The van der Waals surface area contributed by atoms with Crippen LogP contribution in [0, 0.1) is 11.3 Å². The van der Waals surface area contributed by atoms with Gasteiger partial charge in [0.05, 0.1) is 11.3 Å². The first-order valence-corrected chi connectivity index (χ1v) is 7.03. The van der Waals surface area contributed by atoms with Gasteiger partial charge in [-0.25, -0.2) is 0 Å². The molecule has 0 spiro atoms. The predicted octanol–water partition coefficient (Wildman–Crippen LogP) is 3.53. The maximum atomic E-state index is 9.94. The molecule has 0 bridgehead atoms. The Kier molecular flexibility index (Phi) is 4.37. The monoisotopic (exact) mass is 322 g/mol. The van der Waals surface area contributed by atoms with Gasteiger partial charge >= 0.3 is 0 Å². The van der Waals surface area contributed by atoms with Crippen molar-refractivity contribution >= 4 is 33.0 Å². The molecule has 0 fully saturated rings. The van der Waals surface area contributed by atoms with E-state index in [0.29, 0.717) is 12.1 Å². The molecule has 18 heavy (non-hydrogen) atoms. The second kappa shape index (κ2) is 6.01. The van der Waals surface area contributed by atoms with Gasteiger partial charge in [-0.05, 0) is 29.6 Å². The second-order valence-corrected chi connectivity index (χ2v) is 5.61. The number of nitriles is 1. The minimum absolute atomic E-state index is 0.386. The van der Waals surface area contributed by atoms with E-state index in [1.165, 1.54) is 11.3 Å². The van der Waals surface area contributed by atoms with Crippen molar-refractivity contribution in [2.75, 3.05) is 11.9 Å². The van der Waals surface area contributed by atoms with Gasteiger partial charge in [0.1, 0.15) is 12.2 Å². The number of rotatable bonds is 4. The summed E-state index contributed by atoms with van der Waals surface area (Å²) in [7, 11) is 0. The van der Waals surface area contributed by atoms with E-state index < -0.39 is 6.10 Å². The quantitative estimate of drug-likeness (QED) is 0.905. The van der Waals surface area contributed by atoms with E-state index in [1.807, 2.05) is 29.6 Å². The van der Waals surface area contributed by atoms with Gasteiger partial charge in [-0.15, -0.1) is 11.3 Å². The first-order valence-electron chi connectivity index (χ1n) is 5.35. The molecule has 1 unspecified atom stereocenters. The third kappa shape index (κ3) is 3.10. The number of hydrogen-bond acceptors (Lipinski definition) is 4.